The number of rotatable bonds is 6. The number of ether oxygens (including phenoxy) is 1. The van der Waals surface area contributed by atoms with Crippen LogP contribution >= 0.6 is 0 Å². The van der Waals surface area contributed by atoms with E-state index < -0.39 is 0 Å². The summed E-state index contributed by atoms with van der Waals surface area (Å²) in [5.41, 5.74) is 2.56. The fraction of sp³-hybridized carbons (Fsp3) is 0.348. The largest absolute Gasteiger partial charge is 0.465 e. The van der Waals surface area contributed by atoms with Crippen molar-refractivity contribution in [3.05, 3.63) is 71.3 Å². The summed E-state index contributed by atoms with van der Waals surface area (Å²) in [4.78, 5) is 40.2. The highest BCUT2D eigenvalue weighted by molar-refractivity contribution is 5.89. The van der Waals surface area contributed by atoms with Crippen molar-refractivity contribution in [1.82, 2.24) is 9.80 Å². The first-order chi connectivity index (χ1) is 14.1. The number of aryl methyl sites for hydroxylation is 1. The van der Waals surface area contributed by atoms with Crippen LogP contribution in [0.3, 0.4) is 0 Å². The molecule has 1 saturated heterocycles. The van der Waals surface area contributed by atoms with Crippen molar-refractivity contribution >= 4 is 17.8 Å². The van der Waals surface area contributed by atoms with Crippen molar-refractivity contribution in [1.29, 1.82) is 0 Å². The van der Waals surface area contributed by atoms with Crippen molar-refractivity contribution in [3.8, 4) is 0 Å². The van der Waals surface area contributed by atoms with Crippen LogP contribution in [0.25, 0.3) is 0 Å². The number of methoxy groups -OCH3 is 1. The zero-order valence-corrected chi connectivity index (χ0v) is 16.7. The van der Waals surface area contributed by atoms with Crippen LogP contribution in [0, 0.1) is 0 Å². The molecule has 1 aliphatic rings. The minimum atomic E-state index is -0.382. The Morgan fingerprint density at radius 3 is 2.34 bits per heavy atom. The molecule has 0 atom stereocenters. The molecule has 0 spiro atoms. The molecule has 152 valence electrons. The van der Waals surface area contributed by atoms with E-state index in [0.717, 1.165) is 11.1 Å². The quantitative estimate of drug-likeness (QED) is 0.707. The molecule has 2 amide bonds. The molecular weight excluding hydrogens is 368 g/mol. The Morgan fingerprint density at radius 2 is 1.66 bits per heavy atom. The summed E-state index contributed by atoms with van der Waals surface area (Å²) in [5, 5.41) is 0. The lowest BCUT2D eigenvalue weighted by Crippen LogP contribution is -2.35. The average molecular weight is 394 g/mol. The van der Waals surface area contributed by atoms with E-state index in [2.05, 4.69) is 0 Å². The van der Waals surface area contributed by atoms with Gasteiger partial charge in [0.05, 0.1) is 12.7 Å². The van der Waals surface area contributed by atoms with Gasteiger partial charge in [0.2, 0.25) is 11.8 Å². The summed E-state index contributed by atoms with van der Waals surface area (Å²) >= 11 is 0. The second-order valence-corrected chi connectivity index (χ2v) is 7.12. The molecule has 6 nitrogen and oxygen atoms in total. The molecule has 3 rings (SSSR count). The van der Waals surface area contributed by atoms with E-state index in [4.69, 9.17) is 4.74 Å². The monoisotopic (exact) mass is 394 g/mol. The molecule has 0 N–H and O–H groups in total. The maximum Gasteiger partial charge on any atom is 0.337 e. The highest BCUT2D eigenvalue weighted by Crippen LogP contribution is 2.13. The number of carbonyl (C=O) groups excluding carboxylic acids is 3. The van der Waals surface area contributed by atoms with E-state index in [-0.39, 0.29) is 17.8 Å². The number of amides is 2. The van der Waals surface area contributed by atoms with Crippen molar-refractivity contribution in [2.75, 3.05) is 26.7 Å². The van der Waals surface area contributed by atoms with E-state index in [1.807, 2.05) is 42.5 Å². The zero-order chi connectivity index (χ0) is 20.6. The van der Waals surface area contributed by atoms with Crippen LogP contribution in [0.15, 0.2) is 54.6 Å². The highest BCUT2D eigenvalue weighted by atomic mass is 16.5. The number of hydrogen-bond donors (Lipinski definition) is 0. The predicted octanol–water partition coefficient (Wildman–Crippen LogP) is 2.67. The molecule has 29 heavy (non-hydrogen) atoms. The van der Waals surface area contributed by atoms with E-state index in [9.17, 15) is 14.4 Å². The number of carbonyl (C=O) groups is 3. The predicted molar refractivity (Wildman–Crippen MR) is 109 cm³/mol. The van der Waals surface area contributed by atoms with Crippen LogP contribution < -0.4 is 0 Å². The molecule has 0 radical (unpaired) electrons. The van der Waals surface area contributed by atoms with Gasteiger partial charge in [0.25, 0.3) is 0 Å². The molecule has 1 fully saturated rings. The molecule has 0 aromatic heterocycles. The van der Waals surface area contributed by atoms with Crippen molar-refractivity contribution < 1.29 is 19.1 Å². The van der Waals surface area contributed by atoms with Crippen LogP contribution in [0.5, 0.6) is 0 Å². The Hall–Kier alpha value is -3.15. The van der Waals surface area contributed by atoms with Gasteiger partial charge in [0.15, 0.2) is 0 Å². The summed E-state index contributed by atoms with van der Waals surface area (Å²) in [6, 6.07) is 17.0. The Balaban J connectivity index is 1.53. The topological polar surface area (TPSA) is 66.9 Å². The summed E-state index contributed by atoms with van der Waals surface area (Å²) in [5.74, 6) is -0.251. The normalized spacial score (nSPS) is 14.4. The Bertz CT molecular complexity index is 849. The van der Waals surface area contributed by atoms with Gasteiger partial charge < -0.3 is 14.5 Å². The summed E-state index contributed by atoms with van der Waals surface area (Å²) < 4.78 is 4.70. The van der Waals surface area contributed by atoms with Gasteiger partial charge in [0.1, 0.15) is 0 Å². The number of hydrogen-bond acceptors (Lipinski definition) is 4. The maximum absolute atomic E-state index is 12.6. The SMILES string of the molecule is COC(=O)c1ccc(CN2CCN(C(=O)CCc3ccccc3)CCC2=O)cc1. The minimum absolute atomic E-state index is 0.0420. The lowest BCUT2D eigenvalue weighted by Gasteiger charge is -2.22. The van der Waals surface area contributed by atoms with Gasteiger partial charge in [-0.15, -0.1) is 0 Å². The van der Waals surface area contributed by atoms with Gasteiger partial charge in [-0.25, -0.2) is 4.79 Å². The van der Waals surface area contributed by atoms with Gasteiger partial charge in [0, 0.05) is 39.0 Å². The van der Waals surface area contributed by atoms with E-state index in [1.165, 1.54) is 7.11 Å². The molecule has 1 heterocycles. The molecule has 0 bridgehead atoms. The van der Waals surface area contributed by atoms with Crippen LogP contribution in [0.2, 0.25) is 0 Å². The molecule has 0 unspecified atom stereocenters. The van der Waals surface area contributed by atoms with E-state index in [1.54, 1.807) is 21.9 Å². The number of esters is 1. The molecular formula is C23H26N2O4. The first kappa shape index (κ1) is 20.6. The van der Waals surface area contributed by atoms with Gasteiger partial charge in [-0.05, 0) is 29.7 Å². The van der Waals surface area contributed by atoms with Crippen LogP contribution in [-0.2, 0) is 27.3 Å². The number of nitrogens with zero attached hydrogens (tertiary/aromatic N) is 2. The van der Waals surface area contributed by atoms with Crippen molar-refractivity contribution in [2.24, 2.45) is 0 Å². The van der Waals surface area contributed by atoms with E-state index >= 15 is 0 Å². The minimum Gasteiger partial charge on any atom is -0.465 e. The van der Waals surface area contributed by atoms with Gasteiger partial charge in [-0.2, -0.15) is 0 Å². The van der Waals surface area contributed by atoms with Crippen LogP contribution in [0.4, 0.5) is 0 Å². The summed E-state index contributed by atoms with van der Waals surface area (Å²) in [7, 11) is 1.35. The third-order valence-electron chi connectivity index (χ3n) is 5.16. The van der Waals surface area contributed by atoms with Gasteiger partial charge in [-0.1, -0.05) is 42.5 Å². The summed E-state index contributed by atoms with van der Waals surface area (Å²) in [6.45, 7) is 1.98. The Kier molecular flexibility index (Phi) is 7.00. The average Bonchev–Trinajstić information content (AvgIpc) is 2.94. The van der Waals surface area contributed by atoms with Crippen molar-refractivity contribution in [3.63, 3.8) is 0 Å². The fourth-order valence-corrected chi connectivity index (χ4v) is 3.42. The van der Waals surface area contributed by atoms with E-state index in [0.29, 0.717) is 51.0 Å². The Morgan fingerprint density at radius 1 is 0.931 bits per heavy atom. The highest BCUT2D eigenvalue weighted by Gasteiger charge is 2.23. The lowest BCUT2D eigenvalue weighted by atomic mass is 10.1. The van der Waals surface area contributed by atoms with Crippen LogP contribution in [0.1, 0.15) is 34.3 Å². The zero-order valence-electron chi connectivity index (χ0n) is 16.7. The molecule has 0 saturated carbocycles. The van der Waals surface area contributed by atoms with Gasteiger partial charge in [-0.3, -0.25) is 9.59 Å². The molecule has 2 aromatic carbocycles. The Labute approximate surface area is 171 Å². The molecule has 6 heteroatoms. The maximum atomic E-state index is 12.6. The molecule has 1 aliphatic heterocycles. The van der Waals surface area contributed by atoms with Crippen molar-refractivity contribution in [2.45, 2.75) is 25.8 Å². The molecule has 2 aromatic rings. The second kappa shape index (κ2) is 9.87. The van der Waals surface area contributed by atoms with Crippen LogP contribution in [-0.4, -0.2) is 54.3 Å². The van der Waals surface area contributed by atoms with Gasteiger partial charge >= 0.3 is 5.97 Å². The lowest BCUT2D eigenvalue weighted by molar-refractivity contribution is -0.131. The standard InChI is InChI=1S/C23H26N2O4/c1-29-23(28)20-10-7-19(8-11-20)17-25-16-15-24(14-13-22(25)27)21(26)12-9-18-5-3-2-4-6-18/h2-8,10-11H,9,12-17H2,1H3. The smallest absolute Gasteiger partial charge is 0.337 e. The number of benzene rings is 2. The first-order valence-electron chi connectivity index (χ1n) is 9.83. The third kappa shape index (κ3) is 5.67. The second-order valence-electron chi connectivity index (χ2n) is 7.12. The summed E-state index contributed by atoms with van der Waals surface area (Å²) in [6.07, 6.45) is 1.49. The first-order valence-corrected chi connectivity index (χ1v) is 9.83. The third-order valence-corrected chi connectivity index (χ3v) is 5.16. The molecule has 0 aliphatic carbocycles. The fourth-order valence-electron chi connectivity index (χ4n) is 3.42.